The molecule has 1 fully saturated rings. The Morgan fingerprint density at radius 2 is 2.14 bits per heavy atom. The maximum Gasteiger partial charge on any atom is 0.273 e. The van der Waals surface area contributed by atoms with Gasteiger partial charge in [0, 0.05) is 18.7 Å². The van der Waals surface area contributed by atoms with Crippen LogP contribution in [0, 0.1) is 15.5 Å². The highest BCUT2D eigenvalue weighted by atomic mass is 16.6. The van der Waals surface area contributed by atoms with E-state index in [9.17, 15) is 10.1 Å². The van der Waals surface area contributed by atoms with Crippen LogP contribution in [0.3, 0.4) is 0 Å². The Hall–Kier alpha value is -1.62. The van der Waals surface area contributed by atoms with Crippen LogP contribution >= 0.6 is 0 Å². The van der Waals surface area contributed by atoms with Crippen molar-refractivity contribution in [2.75, 3.05) is 7.11 Å². The molecule has 0 aliphatic heterocycles. The summed E-state index contributed by atoms with van der Waals surface area (Å²) < 4.78 is 5.15. The van der Waals surface area contributed by atoms with E-state index in [1.54, 1.807) is 6.07 Å². The van der Waals surface area contributed by atoms with Gasteiger partial charge in [-0.2, -0.15) is 0 Å². The highest BCUT2D eigenvalue weighted by Crippen LogP contribution is 2.35. The average Bonchev–Trinajstić information content (AvgIpc) is 2.45. The molecule has 5 heteroatoms. The third kappa shape index (κ3) is 3.94. The summed E-state index contributed by atoms with van der Waals surface area (Å²) in [6.45, 7) is 5.21. The molecule has 5 nitrogen and oxygen atoms in total. The lowest BCUT2D eigenvalue weighted by Gasteiger charge is -2.39. The molecule has 1 N–H and O–H groups in total. The van der Waals surface area contributed by atoms with Crippen molar-refractivity contribution < 1.29 is 9.66 Å². The van der Waals surface area contributed by atoms with Crippen molar-refractivity contribution in [3.05, 3.63) is 33.9 Å². The van der Waals surface area contributed by atoms with Gasteiger partial charge < -0.3 is 10.1 Å². The summed E-state index contributed by atoms with van der Waals surface area (Å²) in [6, 6.07) is 5.38. The summed E-state index contributed by atoms with van der Waals surface area (Å²) in [6.07, 6.45) is 4.93. The number of ether oxygens (including phenoxy) is 1. The van der Waals surface area contributed by atoms with Gasteiger partial charge in [0.1, 0.15) is 5.75 Å². The topological polar surface area (TPSA) is 64.4 Å². The molecule has 1 aliphatic rings. The summed E-state index contributed by atoms with van der Waals surface area (Å²) in [5.74, 6) is 0.531. The fraction of sp³-hybridized carbons (Fsp3) is 0.625. The zero-order valence-electron chi connectivity index (χ0n) is 13.0. The van der Waals surface area contributed by atoms with Crippen LogP contribution < -0.4 is 10.1 Å². The second kappa shape index (κ2) is 6.43. The minimum atomic E-state index is -0.378. The number of nitro groups is 1. The van der Waals surface area contributed by atoms with Crippen LogP contribution in [0.4, 0.5) is 5.69 Å². The number of rotatable bonds is 5. The molecular formula is C16H24N2O3. The molecule has 1 atom stereocenters. The lowest BCUT2D eigenvalue weighted by atomic mass is 9.73. The van der Waals surface area contributed by atoms with Crippen molar-refractivity contribution in [1.29, 1.82) is 0 Å². The number of nitrogens with zero attached hydrogens (tertiary/aromatic N) is 1. The second-order valence-corrected chi connectivity index (χ2v) is 6.46. The van der Waals surface area contributed by atoms with Gasteiger partial charge in [-0.1, -0.05) is 26.7 Å². The zero-order valence-corrected chi connectivity index (χ0v) is 13.0. The minimum Gasteiger partial charge on any atom is -0.496 e. The third-order valence-corrected chi connectivity index (χ3v) is 4.46. The van der Waals surface area contributed by atoms with Crippen LogP contribution in [0.5, 0.6) is 5.75 Å². The summed E-state index contributed by atoms with van der Waals surface area (Å²) in [5, 5.41) is 14.5. The standard InChI is InChI=1S/C16H24N2O3/c1-16(2)7-5-4-6-15(16)17-11-12-8-13(18(19)20)10-14(9-12)21-3/h8-10,15,17H,4-7,11H2,1-3H3. The van der Waals surface area contributed by atoms with Gasteiger partial charge in [-0.15, -0.1) is 0 Å². The van der Waals surface area contributed by atoms with E-state index in [4.69, 9.17) is 4.74 Å². The maximum atomic E-state index is 11.0. The number of methoxy groups -OCH3 is 1. The van der Waals surface area contributed by atoms with Gasteiger partial charge in [-0.25, -0.2) is 0 Å². The van der Waals surface area contributed by atoms with Crippen LogP contribution in [0.25, 0.3) is 0 Å². The molecule has 0 bridgehead atoms. The Bertz CT molecular complexity index is 514. The molecule has 1 aromatic carbocycles. The largest absolute Gasteiger partial charge is 0.496 e. The van der Waals surface area contributed by atoms with Crippen molar-refractivity contribution in [3.8, 4) is 5.75 Å². The number of nitrogens with one attached hydrogen (secondary N) is 1. The Kier molecular flexibility index (Phi) is 4.83. The zero-order chi connectivity index (χ0) is 15.5. The predicted molar refractivity (Wildman–Crippen MR) is 82.5 cm³/mol. The summed E-state index contributed by atoms with van der Waals surface area (Å²) in [7, 11) is 1.53. The first-order valence-corrected chi connectivity index (χ1v) is 7.48. The molecule has 1 saturated carbocycles. The Morgan fingerprint density at radius 3 is 2.76 bits per heavy atom. The maximum absolute atomic E-state index is 11.0. The lowest BCUT2D eigenvalue weighted by Crippen LogP contribution is -2.43. The molecule has 0 aromatic heterocycles. The molecule has 1 aliphatic carbocycles. The molecule has 1 aromatic rings. The van der Waals surface area contributed by atoms with Crippen molar-refractivity contribution >= 4 is 5.69 Å². The number of hydrogen-bond acceptors (Lipinski definition) is 4. The van der Waals surface area contributed by atoms with E-state index in [1.165, 1.54) is 38.9 Å². The Morgan fingerprint density at radius 1 is 1.38 bits per heavy atom. The first-order valence-electron chi connectivity index (χ1n) is 7.48. The molecule has 0 saturated heterocycles. The van der Waals surface area contributed by atoms with Gasteiger partial charge in [-0.3, -0.25) is 10.1 Å². The lowest BCUT2D eigenvalue weighted by molar-refractivity contribution is -0.385. The number of benzene rings is 1. The first kappa shape index (κ1) is 15.8. The van der Waals surface area contributed by atoms with Gasteiger partial charge >= 0.3 is 0 Å². The van der Waals surface area contributed by atoms with E-state index in [-0.39, 0.29) is 16.0 Å². The Labute approximate surface area is 125 Å². The van der Waals surface area contributed by atoms with E-state index >= 15 is 0 Å². The quantitative estimate of drug-likeness (QED) is 0.664. The molecular weight excluding hydrogens is 268 g/mol. The minimum absolute atomic E-state index is 0.0778. The van der Waals surface area contributed by atoms with E-state index < -0.39 is 0 Å². The van der Waals surface area contributed by atoms with Gasteiger partial charge in [0.15, 0.2) is 0 Å². The third-order valence-electron chi connectivity index (χ3n) is 4.46. The fourth-order valence-electron chi connectivity index (χ4n) is 3.08. The highest BCUT2D eigenvalue weighted by Gasteiger charge is 2.31. The van der Waals surface area contributed by atoms with E-state index in [0.29, 0.717) is 18.3 Å². The summed E-state index contributed by atoms with van der Waals surface area (Å²) in [4.78, 5) is 10.6. The summed E-state index contributed by atoms with van der Waals surface area (Å²) >= 11 is 0. The molecule has 0 amide bonds. The second-order valence-electron chi connectivity index (χ2n) is 6.46. The van der Waals surface area contributed by atoms with E-state index in [0.717, 1.165) is 5.56 Å². The molecule has 1 unspecified atom stereocenters. The van der Waals surface area contributed by atoms with Gasteiger partial charge in [0.25, 0.3) is 5.69 Å². The number of nitro benzene ring substituents is 1. The SMILES string of the molecule is COc1cc(CNC2CCCCC2(C)C)cc([N+](=O)[O-])c1. The van der Waals surface area contributed by atoms with Crippen molar-refractivity contribution in [3.63, 3.8) is 0 Å². The normalized spacial score (nSPS) is 21.0. The van der Waals surface area contributed by atoms with Crippen LogP contribution in [0.1, 0.15) is 45.1 Å². The van der Waals surface area contributed by atoms with Crippen LogP contribution in [-0.2, 0) is 6.54 Å². The van der Waals surface area contributed by atoms with Crippen LogP contribution in [0.15, 0.2) is 18.2 Å². The van der Waals surface area contributed by atoms with Crippen LogP contribution in [-0.4, -0.2) is 18.1 Å². The molecule has 0 heterocycles. The molecule has 0 radical (unpaired) electrons. The van der Waals surface area contributed by atoms with E-state index in [2.05, 4.69) is 19.2 Å². The monoisotopic (exact) mass is 292 g/mol. The highest BCUT2D eigenvalue weighted by molar-refractivity contribution is 5.42. The predicted octanol–water partition coefficient (Wildman–Crippen LogP) is 3.66. The van der Waals surface area contributed by atoms with Crippen LogP contribution in [0.2, 0.25) is 0 Å². The molecule has 116 valence electrons. The van der Waals surface area contributed by atoms with Gasteiger partial charge in [0.2, 0.25) is 0 Å². The number of hydrogen-bond donors (Lipinski definition) is 1. The average molecular weight is 292 g/mol. The van der Waals surface area contributed by atoms with Gasteiger partial charge in [0.05, 0.1) is 18.1 Å². The first-order chi connectivity index (χ1) is 9.92. The van der Waals surface area contributed by atoms with Crippen molar-refractivity contribution in [2.24, 2.45) is 5.41 Å². The fourth-order valence-corrected chi connectivity index (χ4v) is 3.08. The van der Waals surface area contributed by atoms with Crippen molar-refractivity contribution in [2.45, 2.75) is 52.1 Å². The summed E-state index contributed by atoms with van der Waals surface area (Å²) in [5.41, 5.74) is 1.25. The molecule has 0 spiro atoms. The van der Waals surface area contributed by atoms with Gasteiger partial charge in [-0.05, 0) is 29.9 Å². The Balaban J connectivity index is 2.08. The van der Waals surface area contributed by atoms with Crippen molar-refractivity contribution in [1.82, 2.24) is 5.32 Å². The molecule has 2 rings (SSSR count). The van der Waals surface area contributed by atoms with E-state index in [1.807, 2.05) is 6.07 Å². The molecule has 21 heavy (non-hydrogen) atoms. The number of non-ortho nitro benzene ring substituents is 1. The smallest absolute Gasteiger partial charge is 0.273 e.